The van der Waals surface area contributed by atoms with Crippen LogP contribution in [0.5, 0.6) is 0 Å². The van der Waals surface area contributed by atoms with Crippen LogP contribution in [0.15, 0.2) is 12.2 Å². The van der Waals surface area contributed by atoms with E-state index in [1.54, 1.807) is 0 Å². The Labute approximate surface area is 97.5 Å². The number of hydrogen-bond acceptors (Lipinski definition) is 2. The maximum atomic E-state index is 11.9. The van der Waals surface area contributed by atoms with Crippen molar-refractivity contribution in [3.63, 3.8) is 0 Å². The molecule has 1 aliphatic heterocycles. The molecule has 0 N–H and O–H groups in total. The van der Waals surface area contributed by atoms with Gasteiger partial charge >= 0.3 is 6.09 Å². The molecule has 1 aliphatic carbocycles. The van der Waals surface area contributed by atoms with Crippen molar-refractivity contribution in [3.05, 3.63) is 12.2 Å². The molecular weight excluding hydrogens is 202 g/mol. The molecule has 1 saturated heterocycles. The fraction of sp³-hybridized carbons (Fsp3) is 0.769. The third-order valence-electron chi connectivity index (χ3n) is 3.27. The molecule has 0 unspecified atom stereocenters. The highest BCUT2D eigenvalue weighted by Gasteiger charge is 2.36. The lowest BCUT2D eigenvalue weighted by Crippen LogP contribution is -2.35. The predicted octanol–water partition coefficient (Wildman–Crippen LogP) is 2.82. The summed E-state index contributed by atoms with van der Waals surface area (Å²) >= 11 is 0. The summed E-state index contributed by atoms with van der Waals surface area (Å²) in [7, 11) is 0. The number of amides is 1. The average molecular weight is 223 g/mol. The zero-order chi connectivity index (χ0) is 11.8. The second-order valence-corrected chi connectivity index (χ2v) is 5.85. The lowest BCUT2D eigenvalue weighted by atomic mass is 9.86. The Morgan fingerprint density at radius 2 is 1.69 bits per heavy atom. The molecule has 0 spiro atoms. The SMILES string of the molecule is CC(C)(C)OC(=O)N1C[C@H]2CC=CC[C@H]2C1. The van der Waals surface area contributed by atoms with E-state index in [0.717, 1.165) is 25.9 Å². The summed E-state index contributed by atoms with van der Waals surface area (Å²) in [6, 6.07) is 0. The third kappa shape index (κ3) is 2.57. The van der Waals surface area contributed by atoms with Crippen LogP contribution in [0.25, 0.3) is 0 Å². The van der Waals surface area contributed by atoms with Gasteiger partial charge in [0.1, 0.15) is 5.60 Å². The Kier molecular flexibility index (Phi) is 2.96. The monoisotopic (exact) mass is 223 g/mol. The van der Waals surface area contributed by atoms with Gasteiger partial charge in [0.2, 0.25) is 0 Å². The van der Waals surface area contributed by atoms with Crippen molar-refractivity contribution < 1.29 is 9.53 Å². The second-order valence-electron chi connectivity index (χ2n) is 5.85. The summed E-state index contributed by atoms with van der Waals surface area (Å²) in [6.07, 6.45) is 6.55. The molecule has 2 rings (SSSR count). The molecule has 16 heavy (non-hydrogen) atoms. The highest BCUT2D eigenvalue weighted by Crippen LogP contribution is 2.33. The van der Waals surface area contributed by atoms with Gasteiger partial charge in [0.05, 0.1) is 0 Å². The van der Waals surface area contributed by atoms with Gasteiger partial charge in [-0.15, -0.1) is 0 Å². The number of fused-ring (bicyclic) bond motifs is 1. The lowest BCUT2D eigenvalue weighted by molar-refractivity contribution is 0.0284. The van der Waals surface area contributed by atoms with Crippen LogP contribution >= 0.6 is 0 Å². The van der Waals surface area contributed by atoms with E-state index >= 15 is 0 Å². The van der Waals surface area contributed by atoms with Crippen molar-refractivity contribution in [2.24, 2.45) is 11.8 Å². The molecule has 0 saturated carbocycles. The smallest absolute Gasteiger partial charge is 0.410 e. The zero-order valence-electron chi connectivity index (χ0n) is 10.4. The highest BCUT2D eigenvalue weighted by molar-refractivity contribution is 5.68. The number of carbonyl (C=O) groups excluding carboxylic acids is 1. The minimum absolute atomic E-state index is 0.151. The maximum Gasteiger partial charge on any atom is 0.410 e. The molecular formula is C13H21NO2. The molecule has 0 aromatic carbocycles. The van der Waals surface area contributed by atoms with Gasteiger partial charge in [-0.3, -0.25) is 0 Å². The van der Waals surface area contributed by atoms with Gasteiger partial charge in [-0.05, 0) is 45.4 Å². The predicted molar refractivity (Wildman–Crippen MR) is 63.2 cm³/mol. The Hall–Kier alpha value is -0.990. The van der Waals surface area contributed by atoms with Crippen molar-refractivity contribution in [1.82, 2.24) is 4.90 Å². The van der Waals surface area contributed by atoms with E-state index in [9.17, 15) is 4.79 Å². The van der Waals surface area contributed by atoms with Crippen molar-refractivity contribution in [2.45, 2.75) is 39.2 Å². The number of rotatable bonds is 0. The number of hydrogen-bond donors (Lipinski definition) is 0. The minimum atomic E-state index is -0.386. The summed E-state index contributed by atoms with van der Waals surface area (Å²) in [5.41, 5.74) is -0.386. The van der Waals surface area contributed by atoms with E-state index in [0.29, 0.717) is 11.8 Å². The summed E-state index contributed by atoms with van der Waals surface area (Å²) in [4.78, 5) is 13.8. The molecule has 2 aliphatic rings. The van der Waals surface area contributed by atoms with E-state index in [4.69, 9.17) is 4.74 Å². The zero-order valence-corrected chi connectivity index (χ0v) is 10.4. The van der Waals surface area contributed by atoms with E-state index in [1.165, 1.54) is 0 Å². The first kappa shape index (κ1) is 11.5. The van der Waals surface area contributed by atoms with Crippen molar-refractivity contribution in [1.29, 1.82) is 0 Å². The number of carbonyl (C=O) groups is 1. The normalized spacial score (nSPS) is 29.1. The van der Waals surface area contributed by atoms with Crippen LogP contribution in [-0.2, 0) is 4.74 Å². The fourth-order valence-corrected chi connectivity index (χ4v) is 2.49. The molecule has 1 amide bonds. The number of nitrogens with zero attached hydrogens (tertiary/aromatic N) is 1. The molecule has 0 aromatic rings. The molecule has 2 atom stereocenters. The first-order chi connectivity index (χ1) is 7.46. The summed E-state index contributed by atoms with van der Waals surface area (Å²) in [5.74, 6) is 1.30. The average Bonchev–Trinajstić information content (AvgIpc) is 2.58. The third-order valence-corrected chi connectivity index (χ3v) is 3.27. The van der Waals surface area contributed by atoms with E-state index in [-0.39, 0.29) is 11.7 Å². The summed E-state index contributed by atoms with van der Waals surface area (Å²) < 4.78 is 5.39. The standard InChI is InChI=1S/C13H21NO2/c1-13(2,3)16-12(15)14-8-10-6-4-5-7-11(10)9-14/h4-5,10-11H,6-9H2,1-3H3/t10-,11+. The fourth-order valence-electron chi connectivity index (χ4n) is 2.49. The van der Waals surface area contributed by atoms with Crippen molar-refractivity contribution in [2.75, 3.05) is 13.1 Å². The van der Waals surface area contributed by atoms with Crippen molar-refractivity contribution in [3.8, 4) is 0 Å². The quantitative estimate of drug-likeness (QED) is 0.591. The van der Waals surface area contributed by atoms with Gasteiger partial charge in [-0.1, -0.05) is 12.2 Å². The molecule has 3 heteroatoms. The number of likely N-dealkylation sites (tertiary alicyclic amines) is 1. The molecule has 1 fully saturated rings. The van der Waals surface area contributed by atoms with Crippen LogP contribution in [-0.4, -0.2) is 29.7 Å². The first-order valence-electron chi connectivity index (χ1n) is 6.08. The number of allylic oxidation sites excluding steroid dienone is 2. The molecule has 0 bridgehead atoms. The van der Waals surface area contributed by atoms with Gasteiger partial charge in [0, 0.05) is 13.1 Å². The van der Waals surface area contributed by atoms with Gasteiger partial charge in [0.25, 0.3) is 0 Å². The Balaban J connectivity index is 1.91. The van der Waals surface area contributed by atoms with Crippen LogP contribution in [0, 0.1) is 11.8 Å². The minimum Gasteiger partial charge on any atom is -0.444 e. The molecule has 0 radical (unpaired) electrons. The van der Waals surface area contributed by atoms with Crippen LogP contribution in [0.4, 0.5) is 4.79 Å². The lowest BCUT2D eigenvalue weighted by Gasteiger charge is -2.24. The van der Waals surface area contributed by atoms with Crippen molar-refractivity contribution >= 4 is 6.09 Å². The largest absolute Gasteiger partial charge is 0.444 e. The topological polar surface area (TPSA) is 29.5 Å². The van der Waals surface area contributed by atoms with E-state index in [2.05, 4.69) is 12.2 Å². The Bertz CT molecular complexity index is 288. The molecule has 0 aromatic heterocycles. The van der Waals surface area contributed by atoms with E-state index < -0.39 is 0 Å². The van der Waals surface area contributed by atoms with Crippen LogP contribution < -0.4 is 0 Å². The van der Waals surface area contributed by atoms with Gasteiger partial charge in [-0.25, -0.2) is 4.79 Å². The summed E-state index contributed by atoms with van der Waals surface area (Å²) in [5, 5.41) is 0. The Morgan fingerprint density at radius 1 is 1.19 bits per heavy atom. The van der Waals surface area contributed by atoms with Gasteiger partial charge < -0.3 is 9.64 Å². The summed E-state index contributed by atoms with van der Waals surface area (Å²) in [6.45, 7) is 7.47. The molecule has 90 valence electrons. The van der Waals surface area contributed by atoms with Crippen LogP contribution in [0.1, 0.15) is 33.6 Å². The molecule has 3 nitrogen and oxygen atoms in total. The van der Waals surface area contributed by atoms with Gasteiger partial charge in [-0.2, -0.15) is 0 Å². The number of ether oxygens (including phenoxy) is 1. The first-order valence-corrected chi connectivity index (χ1v) is 6.08. The Morgan fingerprint density at radius 3 is 2.12 bits per heavy atom. The van der Waals surface area contributed by atoms with Gasteiger partial charge in [0.15, 0.2) is 0 Å². The second kappa shape index (κ2) is 4.11. The van der Waals surface area contributed by atoms with Crippen LogP contribution in [0.3, 0.4) is 0 Å². The maximum absolute atomic E-state index is 11.9. The van der Waals surface area contributed by atoms with E-state index in [1.807, 2.05) is 25.7 Å². The molecule has 1 heterocycles. The highest BCUT2D eigenvalue weighted by atomic mass is 16.6. The van der Waals surface area contributed by atoms with Crippen LogP contribution in [0.2, 0.25) is 0 Å².